The summed E-state index contributed by atoms with van der Waals surface area (Å²) in [5.41, 5.74) is 2.64. The Morgan fingerprint density at radius 3 is 2.74 bits per heavy atom. The molecule has 2 aromatic heterocycles. The van der Waals surface area contributed by atoms with Gasteiger partial charge in [-0.1, -0.05) is 36.4 Å². The van der Waals surface area contributed by atoms with Crippen LogP contribution in [0.1, 0.15) is 22.9 Å². The van der Waals surface area contributed by atoms with Crippen molar-refractivity contribution in [3.05, 3.63) is 83.1 Å². The van der Waals surface area contributed by atoms with Crippen molar-refractivity contribution in [2.24, 2.45) is 0 Å². The number of fused-ring (bicyclic) bond motifs is 1. The largest absolute Gasteiger partial charge is 0.495 e. The van der Waals surface area contributed by atoms with Crippen LogP contribution in [-0.4, -0.2) is 28.4 Å². The fourth-order valence-corrected chi connectivity index (χ4v) is 3.92. The quantitative estimate of drug-likeness (QED) is 0.441. The van der Waals surface area contributed by atoms with Crippen molar-refractivity contribution in [3.63, 3.8) is 0 Å². The van der Waals surface area contributed by atoms with Gasteiger partial charge in [0.25, 0.3) is 5.91 Å². The number of benzene rings is 2. The molecule has 0 fully saturated rings. The normalized spacial score (nSPS) is 11.8. The number of aryl methyl sites for hydroxylation is 1. The maximum atomic E-state index is 13.1. The molecule has 8 heteroatoms. The van der Waals surface area contributed by atoms with Crippen LogP contribution in [0.25, 0.3) is 4.96 Å². The van der Waals surface area contributed by atoms with Gasteiger partial charge in [0.15, 0.2) is 4.96 Å². The van der Waals surface area contributed by atoms with E-state index in [1.165, 1.54) is 18.4 Å². The summed E-state index contributed by atoms with van der Waals surface area (Å²) in [6.07, 6.45) is 2.51. The van der Waals surface area contributed by atoms with Gasteiger partial charge in [-0.15, -0.1) is 11.3 Å². The van der Waals surface area contributed by atoms with Crippen molar-refractivity contribution in [2.45, 2.75) is 19.4 Å². The second kappa shape index (κ2) is 9.01. The minimum absolute atomic E-state index is 0.0290. The Kier molecular flexibility index (Phi) is 5.99. The average molecular weight is 436 g/mol. The maximum absolute atomic E-state index is 13.1. The lowest BCUT2D eigenvalue weighted by Gasteiger charge is -2.19. The molecule has 4 aromatic rings. The number of hydrogen-bond acceptors (Lipinski definition) is 6. The van der Waals surface area contributed by atoms with E-state index >= 15 is 0 Å². The number of rotatable bonds is 7. The molecule has 0 aliphatic heterocycles. The second-order valence-corrected chi connectivity index (χ2v) is 7.85. The molecule has 31 heavy (non-hydrogen) atoms. The lowest BCUT2D eigenvalue weighted by Crippen LogP contribution is -2.26. The van der Waals surface area contributed by atoms with Crippen molar-refractivity contribution in [1.29, 1.82) is 0 Å². The zero-order chi connectivity index (χ0) is 21.8. The van der Waals surface area contributed by atoms with Crippen molar-refractivity contribution >= 4 is 33.9 Å². The van der Waals surface area contributed by atoms with E-state index in [1.807, 2.05) is 35.0 Å². The van der Waals surface area contributed by atoms with E-state index in [-0.39, 0.29) is 6.42 Å². The summed E-state index contributed by atoms with van der Waals surface area (Å²) >= 11 is 1.48. The maximum Gasteiger partial charge on any atom is 0.313 e. The van der Waals surface area contributed by atoms with Crippen LogP contribution in [0.3, 0.4) is 0 Å². The van der Waals surface area contributed by atoms with Crippen LogP contribution < -0.4 is 10.1 Å². The van der Waals surface area contributed by atoms with E-state index in [0.717, 1.165) is 10.5 Å². The second-order valence-electron chi connectivity index (χ2n) is 6.98. The fourth-order valence-electron chi connectivity index (χ4n) is 3.20. The number of nitrogens with zero attached hydrogens (tertiary/aromatic N) is 2. The number of imidazole rings is 1. The van der Waals surface area contributed by atoms with E-state index in [2.05, 4.69) is 10.3 Å². The Morgan fingerprint density at radius 1 is 1.19 bits per heavy atom. The third-order valence-corrected chi connectivity index (χ3v) is 5.44. The Hall–Kier alpha value is -3.65. The first-order valence-corrected chi connectivity index (χ1v) is 10.5. The summed E-state index contributed by atoms with van der Waals surface area (Å²) < 4.78 is 12.8. The molecule has 0 unspecified atom stereocenters. The molecular weight excluding hydrogens is 414 g/mol. The first-order chi connectivity index (χ1) is 15.0. The number of nitrogens with one attached hydrogen (secondary N) is 1. The minimum Gasteiger partial charge on any atom is -0.495 e. The number of methoxy groups -OCH3 is 1. The molecule has 0 saturated heterocycles. The predicted molar refractivity (Wildman–Crippen MR) is 118 cm³/mol. The van der Waals surface area contributed by atoms with Gasteiger partial charge in [0.05, 0.1) is 24.9 Å². The van der Waals surface area contributed by atoms with Gasteiger partial charge in [-0.05, 0) is 24.6 Å². The molecule has 158 valence electrons. The van der Waals surface area contributed by atoms with Crippen LogP contribution in [-0.2, 0) is 20.7 Å². The van der Waals surface area contributed by atoms with E-state index < -0.39 is 18.0 Å². The lowest BCUT2D eigenvalue weighted by atomic mass is 10.1. The lowest BCUT2D eigenvalue weighted by molar-refractivity contribution is -0.154. The van der Waals surface area contributed by atoms with Crippen LogP contribution in [0.4, 0.5) is 5.69 Å². The number of ether oxygens (including phenoxy) is 2. The zero-order valence-corrected chi connectivity index (χ0v) is 17.9. The molecule has 0 spiro atoms. The molecule has 7 nitrogen and oxygen atoms in total. The van der Waals surface area contributed by atoms with Crippen molar-refractivity contribution in [2.75, 3.05) is 12.4 Å². The van der Waals surface area contributed by atoms with Gasteiger partial charge < -0.3 is 14.8 Å². The van der Waals surface area contributed by atoms with Crippen LogP contribution in [0, 0.1) is 6.92 Å². The van der Waals surface area contributed by atoms with Crippen molar-refractivity contribution in [3.8, 4) is 5.75 Å². The Labute approximate surface area is 183 Å². The molecule has 2 heterocycles. The van der Waals surface area contributed by atoms with Crippen molar-refractivity contribution < 1.29 is 19.1 Å². The molecule has 0 aliphatic rings. The summed E-state index contributed by atoms with van der Waals surface area (Å²) in [6, 6.07) is 14.4. The monoisotopic (exact) mass is 435 g/mol. The Balaban J connectivity index is 1.54. The molecule has 1 amide bonds. The molecule has 0 aliphatic carbocycles. The first kappa shape index (κ1) is 20.6. The van der Waals surface area contributed by atoms with Crippen molar-refractivity contribution in [1.82, 2.24) is 9.38 Å². The average Bonchev–Trinajstić information content (AvgIpc) is 3.34. The van der Waals surface area contributed by atoms with Gasteiger partial charge in [-0.3, -0.25) is 14.0 Å². The number of esters is 1. The fraction of sp³-hybridized carbons (Fsp3) is 0.174. The van der Waals surface area contributed by atoms with Gasteiger partial charge in [-0.2, -0.15) is 0 Å². The summed E-state index contributed by atoms with van der Waals surface area (Å²) in [4.78, 5) is 31.0. The highest BCUT2D eigenvalue weighted by Crippen LogP contribution is 2.28. The van der Waals surface area contributed by atoms with Crippen LogP contribution >= 0.6 is 11.3 Å². The SMILES string of the molecule is COc1ccc(C)cc1NC(=O)[C@H](OC(=O)Cc1cn2ccsc2n1)c1ccccc1. The van der Waals surface area contributed by atoms with Gasteiger partial charge in [0.2, 0.25) is 6.10 Å². The van der Waals surface area contributed by atoms with Gasteiger partial charge in [0.1, 0.15) is 5.75 Å². The van der Waals surface area contributed by atoms with Gasteiger partial charge in [-0.25, -0.2) is 4.98 Å². The summed E-state index contributed by atoms with van der Waals surface area (Å²) in [7, 11) is 1.53. The van der Waals surface area contributed by atoms with E-state index in [9.17, 15) is 9.59 Å². The van der Waals surface area contributed by atoms with Crippen LogP contribution in [0.5, 0.6) is 5.75 Å². The summed E-state index contributed by atoms with van der Waals surface area (Å²) in [5.74, 6) is -0.476. The molecular formula is C23H21N3O4S. The number of aromatic nitrogens is 2. The van der Waals surface area contributed by atoms with E-state index in [0.29, 0.717) is 22.7 Å². The molecule has 0 saturated carbocycles. The minimum atomic E-state index is -1.11. The molecule has 0 radical (unpaired) electrons. The smallest absolute Gasteiger partial charge is 0.313 e. The molecule has 2 aromatic carbocycles. The van der Waals surface area contributed by atoms with Crippen LogP contribution in [0.2, 0.25) is 0 Å². The van der Waals surface area contributed by atoms with Gasteiger partial charge in [0, 0.05) is 23.3 Å². The number of amides is 1. The van der Waals surface area contributed by atoms with E-state index in [4.69, 9.17) is 9.47 Å². The third kappa shape index (κ3) is 4.75. The highest BCUT2D eigenvalue weighted by molar-refractivity contribution is 7.15. The number of thiazole rings is 1. The number of anilines is 1. The number of hydrogen-bond donors (Lipinski definition) is 1. The van der Waals surface area contributed by atoms with Gasteiger partial charge >= 0.3 is 5.97 Å². The predicted octanol–water partition coefficient (Wildman–Crippen LogP) is 4.18. The molecule has 1 atom stereocenters. The zero-order valence-electron chi connectivity index (χ0n) is 17.1. The standard InChI is InChI=1S/C23H21N3O4S/c1-15-8-9-19(29-2)18(12-15)25-22(28)21(16-6-4-3-5-7-16)30-20(27)13-17-14-26-10-11-31-23(26)24-17/h3-12,14,21H,13H2,1-2H3,(H,25,28)/t21-/m1/s1. The highest BCUT2D eigenvalue weighted by Gasteiger charge is 2.26. The Morgan fingerprint density at radius 2 is 2.00 bits per heavy atom. The molecule has 0 bridgehead atoms. The Bertz CT molecular complexity index is 1190. The highest BCUT2D eigenvalue weighted by atomic mass is 32.1. The number of carbonyl (C=O) groups is 2. The van der Waals surface area contributed by atoms with Crippen LogP contribution in [0.15, 0.2) is 66.3 Å². The van der Waals surface area contributed by atoms with E-state index in [1.54, 1.807) is 42.6 Å². The number of carbonyl (C=O) groups excluding carboxylic acids is 2. The summed E-state index contributed by atoms with van der Waals surface area (Å²) in [5, 5.41) is 4.74. The molecule has 1 N–H and O–H groups in total. The molecule has 4 rings (SSSR count). The topological polar surface area (TPSA) is 81.9 Å². The third-order valence-electron chi connectivity index (χ3n) is 4.67. The first-order valence-electron chi connectivity index (χ1n) is 9.64. The summed E-state index contributed by atoms with van der Waals surface area (Å²) in [6.45, 7) is 1.92.